The molecular formula is C16H25N3O3. The Morgan fingerprint density at radius 3 is 2.45 bits per heavy atom. The number of carbonyl (C=O) groups is 1. The maximum atomic E-state index is 11.7. The van der Waals surface area contributed by atoms with Crippen molar-refractivity contribution in [2.45, 2.75) is 70.5 Å². The molecule has 0 saturated heterocycles. The Labute approximate surface area is 131 Å². The molecule has 1 amide bonds. The quantitative estimate of drug-likeness (QED) is 0.876. The first kappa shape index (κ1) is 16.7. The average molecular weight is 307 g/mol. The Bertz CT molecular complexity index is 510. The van der Waals surface area contributed by atoms with E-state index in [0.29, 0.717) is 11.7 Å². The molecule has 1 fully saturated rings. The maximum Gasteiger partial charge on any atom is 0.413 e. The van der Waals surface area contributed by atoms with Crippen molar-refractivity contribution in [2.75, 3.05) is 5.32 Å². The van der Waals surface area contributed by atoms with Gasteiger partial charge in [-0.1, -0.05) is 0 Å². The van der Waals surface area contributed by atoms with Crippen molar-refractivity contribution in [2.24, 2.45) is 0 Å². The standard InChI is InChI=1S/C16H25N3O3/c1-15(2,3)22-14(20)19-13-10-17-12(9-18-13)11-5-7-16(4,21)8-6-11/h9-11,21H,5-8H2,1-4H3,(H,18,19,20). The van der Waals surface area contributed by atoms with Crippen LogP contribution >= 0.6 is 0 Å². The highest BCUT2D eigenvalue weighted by Crippen LogP contribution is 2.36. The van der Waals surface area contributed by atoms with Gasteiger partial charge in [-0.25, -0.2) is 9.78 Å². The zero-order valence-corrected chi connectivity index (χ0v) is 13.7. The van der Waals surface area contributed by atoms with E-state index in [1.165, 1.54) is 0 Å². The van der Waals surface area contributed by atoms with E-state index in [9.17, 15) is 9.90 Å². The molecule has 0 radical (unpaired) electrons. The van der Waals surface area contributed by atoms with E-state index >= 15 is 0 Å². The number of nitrogens with one attached hydrogen (secondary N) is 1. The largest absolute Gasteiger partial charge is 0.444 e. The smallest absolute Gasteiger partial charge is 0.413 e. The highest BCUT2D eigenvalue weighted by atomic mass is 16.6. The second-order valence-corrected chi connectivity index (χ2v) is 7.22. The lowest BCUT2D eigenvalue weighted by Crippen LogP contribution is -2.30. The Kier molecular flexibility index (Phi) is 4.70. The lowest BCUT2D eigenvalue weighted by atomic mass is 9.79. The fourth-order valence-electron chi connectivity index (χ4n) is 2.56. The second kappa shape index (κ2) is 6.20. The van der Waals surface area contributed by atoms with Crippen molar-refractivity contribution in [1.82, 2.24) is 9.97 Å². The summed E-state index contributed by atoms with van der Waals surface area (Å²) in [6.07, 6.45) is 6.06. The molecule has 0 atom stereocenters. The summed E-state index contributed by atoms with van der Waals surface area (Å²) in [7, 11) is 0. The number of aliphatic hydroxyl groups is 1. The highest BCUT2D eigenvalue weighted by Gasteiger charge is 2.30. The van der Waals surface area contributed by atoms with Crippen molar-refractivity contribution in [3.8, 4) is 0 Å². The Morgan fingerprint density at radius 1 is 1.32 bits per heavy atom. The molecule has 6 nitrogen and oxygen atoms in total. The lowest BCUT2D eigenvalue weighted by Gasteiger charge is -2.32. The number of hydrogen-bond donors (Lipinski definition) is 2. The number of amides is 1. The predicted molar refractivity (Wildman–Crippen MR) is 83.7 cm³/mol. The molecule has 0 aliphatic heterocycles. The summed E-state index contributed by atoms with van der Waals surface area (Å²) in [5.74, 6) is 0.698. The van der Waals surface area contributed by atoms with Gasteiger partial charge in [-0.05, 0) is 53.4 Å². The minimum atomic E-state index is -0.553. The molecule has 1 aliphatic carbocycles. The molecule has 2 rings (SSSR count). The van der Waals surface area contributed by atoms with Gasteiger partial charge in [0.2, 0.25) is 0 Å². The number of carbonyl (C=O) groups excluding carboxylic acids is 1. The van der Waals surface area contributed by atoms with Crippen LogP contribution in [0, 0.1) is 0 Å². The number of aromatic nitrogens is 2. The normalized spacial score (nSPS) is 25.6. The molecule has 1 heterocycles. The van der Waals surface area contributed by atoms with Crippen LogP contribution in [0.3, 0.4) is 0 Å². The summed E-state index contributed by atoms with van der Waals surface area (Å²) in [4.78, 5) is 20.3. The van der Waals surface area contributed by atoms with Crippen LogP contribution in [-0.4, -0.2) is 32.4 Å². The molecule has 6 heteroatoms. The van der Waals surface area contributed by atoms with Gasteiger partial charge >= 0.3 is 6.09 Å². The van der Waals surface area contributed by atoms with Crippen LogP contribution in [0.2, 0.25) is 0 Å². The molecule has 1 aromatic rings. The third-order valence-corrected chi connectivity index (χ3v) is 3.78. The predicted octanol–water partition coefficient (Wildman–Crippen LogP) is 3.23. The molecule has 22 heavy (non-hydrogen) atoms. The molecule has 2 N–H and O–H groups in total. The zero-order valence-electron chi connectivity index (χ0n) is 13.7. The summed E-state index contributed by atoms with van der Waals surface area (Å²) >= 11 is 0. The van der Waals surface area contributed by atoms with Gasteiger partial charge in [-0.3, -0.25) is 10.3 Å². The van der Waals surface area contributed by atoms with Crippen molar-refractivity contribution < 1.29 is 14.6 Å². The van der Waals surface area contributed by atoms with Gasteiger partial charge in [0, 0.05) is 5.92 Å². The monoisotopic (exact) mass is 307 g/mol. The Hall–Kier alpha value is -1.69. The van der Waals surface area contributed by atoms with Crippen molar-refractivity contribution >= 4 is 11.9 Å². The van der Waals surface area contributed by atoms with E-state index < -0.39 is 17.3 Å². The third kappa shape index (κ3) is 4.94. The number of ether oxygens (including phenoxy) is 1. The number of anilines is 1. The summed E-state index contributed by atoms with van der Waals surface area (Å²) < 4.78 is 5.17. The van der Waals surface area contributed by atoms with Gasteiger partial charge in [-0.15, -0.1) is 0 Å². The number of hydrogen-bond acceptors (Lipinski definition) is 5. The molecule has 0 bridgehead atoms. The first-order chi connectivity index (χ1) is 10.1. The fraction of sp³-hybridized carbons (Fsp3) is 0.688. The topological polar surface area (TPSA) is 84.3 Å². The van der Waals surface area contributed by atoms with E-state index in [1.807, 2.05) is 6.92 Å². The molecule has 1 saturated carbocycles. The molecule has 1 aliphatic rings. The van der Waals surface area contributed by atoms with E-state index in [1.54, 1.807) is 33.2 Å². The number of rotatable bonds is 2. The van der Waals surface area contributed by atoms with Crippen LogP contribution in [-0.2, 0) is 4.74 Å². The summed E-state index contributed by atoms with van der Waals surface area (Å²) in [5, 5.41) is 12.5. The van der Waals surface area contributed by atoms with Gasteiger partial charge in [0.25, 0.3) is 0 Å². The van der Waals surface area contributed by atoms with Gasteiger partial charge in [0.15, 0.2) is 5.82 Å². The summed E-state index contributed by atoms with van der Waals surface area (Å²) in [6, 6.07) is 0. The summed E-state index contributed by atoms with van der Waals surface area (Å²) in [6.45, 7) is 7.29. The van der Waals surface area contributed by atoms with Crippen LogP contribution in [0.4, 0.5) is 10.6 Å². The van der Waals surface area contributed by atoms with E-state index in [4.69, 9.17) is 4.74 Å². The SMILES string of the molecule is CC1(O)CCC(c2cnc(NC(=O)OC(C)(C)C)cn2)CC1. The van der Waals surface area contributed by atoms with Gasteiger partial charge in [-0.2, -0.15) is 0 Å². The fourth-order valence-corrected chi connectivity index (χ4v) is 2.56. The second-order valence-electron chi connectivity index (χ2n) is 7.22. The zero-order chi connectivity index (χ0) is 16.4. The van der Waals surface area contributed by atoms with E-state index in [2.05, 4.69) is 15.3 Å². The van der Waals surface area contributed by atoms with E-state index in [0.717, 1.165) is 31.4 Å². The molecular weight excluding hydrogens is 282 g/mol. The van der Waals surface area contributed by atoms with Crippen LogP contribution in [0.25, 0.3) is 0 Å². The Morgan fingerprint density at radius 2 is 1.95 bits per heavy atom. The molecule has 0 unspecified atom stereocenters. The maximum absolute atomic E-state index is 11.7. The van der Waals surface area contributed by atoms with Crippen LogP contribution in [0.5, 0.6) is 0 Å². The third-order valence-electron chi connectivity index (χ3n) is 3.78. The lowest BCUT2D eigenvalue weighted by molar-refractivity contribution is 0.0168. The van der Waals surface area contributed by atoms with Crippen molar-refractivity contribution in [3.63, 3.8) is 0 Å². The van der Waals surface area contributed by atoms with Gasteiger partial charge in [0.1, 0.15) is 5.60 Å². The van der Waals surface area contributed by atoms with Gasteiger partial charge < -0.3 is 9.84 Å². The Balaban J connectivity index is 1.92. The average Bonchev–Trinajstić information content (AvgIpc) is 2.37. The van der Waals surface area contributed by atoms with E-state index in [-0.39, 0.29) is 0 Å². The number of nitrogens with zero attached hydrogens (tertiary/aromatic N) is 2. The van der Waals surface area contributed by atoms with Crippen LogP contribution < -0.4 is 5.32 Å². The first-order valence-corrected chi connectivity index (χ1v) is 7.69. The minimum Gasteiger partial charge on any atom is -0.444 e. The van der Waals surface area contributed by atoms with Gasteiger partial charge in [0.05, 0.1) is 23.7 Å². The van der Waals surface area contributed by atoms with Crippen LogP contribution in [0.1, 0.15) is 65.0 Å². The summed E-state index contributed by atoms with van der Waals surface area (Å²) in [5.41, 5.74) is -0.191. The van der Waals surface area contributed by atoms with Crippen molar-refractivity contribution in [1.29, 1.82) is 0 Å². The van der Waals surface area contributed by atoms with Crippen LogP contribution in [0.15, 0.2) is 12.4 Å². The van der Waals surface area contributed by atoms with Crippen molar-refractivity contribution in [3.05, 3.63) is 18.1 Å². The minimum absolute atomic E-state index is 0.323. The first-order valence-electron chi connectivity index (χ1n) is 7.69. The molecule has 122 valence electrons. The molecule has 0 spiro atoms. The molecule has 1 aromatic heterocycles. The highest BCUT2D eigenvalue weighted by molar-refractivity contribution is 5.83. The molecule has 0 aromatic carbocycles.